The maximum Gasteiger partial charge on any atom is 0.241 e. The maximum atomic E-state index is 14.7. The van der Waals surface area contributed by atoms with Gasteiger partial charge in [-0.1, -0.05) is 85.7 Å². The lowest BCUT2D eigenvalue weighted by atomic mass is 9.89. The first-order chi connectivity index (χ1) is 18.9. The van der Waals surface area contributed by atoms with E-state index in [2.05, 4.69) is 88.2 Å². The van der Waals surface area contributed by atoms with Gasteiger partial charge < -0.3 is 0 Å². The lowest BCUT2D eigenvalue weighted by Crippen LogP contribution is -2.49. The summed E-state index contributed by atoms with van der Waals surface area (Å²) in [5.41, 5.74) is 4.88. The van der Waals surface area contributed by atoms with Crippen LogP contribution in [-0.2, 0) is 10.0 Å². The van der Waals surface area contributed by atoms with E-state index in [0.717, 1.165) is 59.9 Å². The number of hydrogen-bond donors (Lipinski definition) is 1. The molecule has 0 radical (unpaired) electrons. The first-order valence-corrected chi connectivity index (χ1v) is 16.7. The highest BCUT2D eigenvalue weighted by Crippen LogP contribution is 2.38. The normalized spacial score (nSPS) is 17.3. The van der Waals surface area contributed by atoms with Gasteiger partial charge >= 0.3 is 0 Å². The molecule has 218 valence electrons. The van der Waals surface area contributed by atoms with E-state index in [4.69, 9.17) is 0 Å². The number of piperidine rings is 1. The predicted molar refractivity (Wildman–Crippen MR) is 168 cm³/mol. The summed E-state index contributed by atoms with van der Waals surface area (Å²) in [7, 11) is -3.87. The number of aromatic nitrogens is 1. The Morgan fingerprint density at radius 3 is 2.05 bits per heavy atom. The van der Waals surface area contributed by atoms with Crippen LogP contribution in [0, 0.1) is 5.92 Å². The summed E-state index contributed by atoms with van der Waals surface area (Å²) in [6.07, 6.45) is 4.94. The van der Waals surface area contributed by atoms with Crippen LogP contribution in [0.1, 0.15) is 121 Å². The number of sulfonamides is 1. The SMILES string of the molecule is CCC([C@@H](NS(=O)(=O)c1c(C(C)C)cc(C(C)C)cc1C(C)C)c1ccnc2ccccc12)N1CCC(C)CC1. The third-order valence-corrected chi connectivity index (χ3v) is 10.3. The highest BCUT2D eigenvalue weighted by atomic mass is 32.2. The van der Waals surface area contributed by atoms with E-state index in [1.807, 2.05) is 30.5 Å². The molecule has 1 aromatic heterocycles. The van der Waals surface area contributed by atoms with Gasteiger partial charge in [0.2, 0.25) is 10.0 Å². The number of nitrogens with one attached hydrogen (secondary N) is 1. The van der Waals surface area contributed by atoms with Crippen LogP contribution < -0.4 is 4.72 Å². The molecule has 1 aliphatic heterocycles. The molecule has 1 saturated heterocycles. The molecule has 4 rings (SSSR count). The zero-order valence-corrected chi connectivity index (χ0v) is 26.6. The second-order valence-corrected chi connectivity index (χ2v) is 14.4. The summed E-state index contributed by atoms with van der Waals surface area (Å²) < 4.78 is 32.7. The van der Waals surface area contributed by atoms with Crippen molar-refractivity contribution in [3.8, 4) is 0 Å². The summed E-state index contributed by atoms with van der Waals surface area (Å²) in [6, 6.07) is 14.0. The minimum atomic E-state index is -3.87. The summed E-state index contributed by atoms with van der Waals surface area (Å²) in [5.74, 6) is 1.18. The van der Waals surface area contributed by atoms with Crippen molar-refractivity contribution < 1.29 is 8.42 Å². The smallest absolute Gasteiger partial charge is 0.241 e. The number of fused-ring (bicyclic) bond motifs is 1. The molecule has 1 aliphatic rings. The fourth-order valence-electron chi connectivity index (χ4n) is 6.23. The Balaban J connectivity index is 1.90. The van der Waals surface area contributed by atoms with Gasteiger partial charge in [0, 0.05) is 17.6 Å². The van der Waals surface area contributed by atoms with E-state index in [1.165, 1.54) is 5.56 Å². The van der Waals surface area contributed by atoms with Crippen molar-refractivity contribution in [3.05, 3.63) is 70.9 Å². The Morgan fingerprint density at radius 1 is 0.900 bits per heavy atom. The van der Waals surface area contributed by atoms with Gasteiger partial charge in [-0.2, -0.15) is 0 Å². The van der Waals surface area contributed by atoms with Crippen LogP contribution in [0.5, 0.6) is 0 Å². The summed E-state index contributed by atoms with van der Waals surface area (Å²) in [5, 5.41) is 1.00. The van der Waals surface area contributed by atoms with Crippen molar-refractivity contribution in [1.82, 2.24) is 14.6 Å². The molecule has 0 amide bonds. The third kappa shape index (κ3) is 6.45. The molecule has 1 unspecified atom stereocenters. The quantitative estimate of drug-likeness (QED) is 0.270. The summed E-state index contributed by atoms with van der Waals surface area (Å²) >= 11 is 0. The van der Waals surface area contributed by atoms with Crippen LogP contribution in [0.2, 0.25) is 0 Å². The van der Waals surface area contributed by atoms with E-state index in [0.29, 0.717) is 16.7 Å². The molecule has 0 bridgehead atoms. The van der Waals surface area contributed by atoms with E-state index in [9.17, 15) is 8.42 Å². The van der Waals surface area contributed by atoms with Crippen LogP contribution in [0.15, 0.2) is 53.6 Å². The molecule has 0 aliphatic carbocycles. The number of likely N-dealkylation sites (tertiary alicyclic amines) is 1. The van der Waals surface area contributed by atoms with Crippen LogP contribution in [0.4, 0.5) is 0 Å². The molecule has 0 saturated carbocycles. The van der Waals surface area contributed by atoms with Gasteiger partial charge in [-0.25, -0.2) is 13.1 Å². The van der Waals surface area contributed by atoms with Gasteiger partial charge in [0.15, 0.2) is 0 Å². The van der Waals surface area contributed by atoms with Crippen molar-refractivity contribution in [2.45, 2.75) is 109 Å². The fourth-order valence-corrected chi connectivity index (χ4v) is 8.18. The van der Waals surface area contributed by atoms with Crippen LogP contribution in [0.3, 0.4) is 0 Å². The molecule has 2 aromatic carbocycles. The van der Waals surface area contributed by atoms with Crippen LogP contribution in [0.25, 0.3) is 10.9 Å². The number of pyridine rings is 1. The molecule has 6 heteroatoms. The number of rotatable bonds is 10. The molecule has 2 atom stereocenters. The largest absolute Gasteiger partial charge is 0.298 e. The summed E-state index contributed by atoms with van der Waals surface area (Å²) in [6.45, 7) is 19.2. The van der Waals surface area contributed by atoms with Crippen molar-refractivity contribution in [2.75, 3.05) is 13.1 Å². The molecule has 1 fully saturated rings. The van der Waals surface area contributed by atoms with Crippen LogP contribution >= 0.6 is 0 Å². The molecule has 5 nitrogen and oxygen atoms in total. The van der Waals surface area contributed by atoms with Gasteiger partial charge in [-0.3, -0.25) is 9.88 Å². The van der Waals surface area contributed by atoms with Crippen molar-refractivity contribution >= 4 is 20.9 Å². The van der Waals surface area contributed by atoms with Crippen LogP contribution in [-0.4, -0.2) is 37.4 Å². The van der Waals surface area contributed by atoms with Gasteiger partial charge in [-0.15, -0.1) is 0 Å². The Labute approximate surface area is 242 Å². The highest BCUT2D eigenvalue weighted by Gasteiger charge is 2.36. The van der Waals surface area contributed by atoms with Crippen molar-refractivity contribution in [3.63, 3.8) is 0 Å². The van der Waals surface area contributed by atoms with E-state index in [-0.39, 0.29) is 17.9 Å². The van der Waals surface area contributed by atoms with Gasteiger partial charge in [0.05, 0.1) is 16.5 Å². The fraction of sp³-hybridized carbons (Fsp3) is 0.559. The Morgan fingerprint density at radius 2 is 1.50 bits per heavy atom. The number of benzene rings is 2. The highest BCUT2D eigenvalue weighted by molar-refractivity contribution is 7.89. The second-order valence-electron chi connectivity index (χ2n) is 12.7. The van der Waals surface area contributed by atoms with Gasteiger partial charge in [0.1, 0.15) is 0 Å². The first kappa shape index (κ1) is 30.7. The third-order valence-electron chi connectivity index (χ3n) is 8.74. The average Bonchev–Trinajstić information content (AvgIpc) is 2.92. The minimum Gasteiger partial charge on any atom is -0.298 e. The monoisotopic (exact) mass is 563 g/mol. The van der Waals surface area contributed by atoms with E-state index < -0.39 is 16.1 Å². The molecule has 1 N–H and O–H groups in total. The predicted octanol–water partition coefficient (Wildman–Crippen LogP) is 8.14. The van der Waals surface area contributed by atoms with Crippen molar-refractivity contribution in [2.24, 2.45) is 5.92 Å². The summed E-state index contributed by atoms with van der Waals surface area (Å²) in [4.78, 5) is 7.57. The zero-order chi connectivity index (χ0) is 29.2. The molecular weight excluding hydrogens is 514 g/mol. The molecule has 40 heavy (non-hydrogen) atoms. The van der Waals surface area contributed by atoms with Crippen molar-refractivity contribution in [1.29, 1.82) is 0 Å². The lowest BCUT2D eigenvalue weighted by molar-refractivity contribution is 0.113. The molecular formula is C34H49N3O2S. The van der Waals surface area contributed by atoms with Gasteiger partial charge in [0.25, 0.3) is 0 Å². The number of nitrogens with zero attached hydrogens (tertiary/aromatic N) is 2. The Hall–Kier alpha value is -2.28. The molecule has 3 aromatic rings. The molecule has 2 heterocycles. The van der Waals surface area contributed by atoms with Gasteiger partial charge in [-0.05, 0) is 90.4 Å². The minimum absolute atomic E-state index is 0.0352. The zero-order valence-electron chi connectivity index (χ0n) is 25.7. The topological polar surface area (TPSA) is 62.3 Å². The average molecular weight is 564 g/mol. The Kier molecular flexibility index (Phi) is 9.74. The molecule has 0 spiro atoms. The van der Waals surface area contributed by atoms with E-state index in [1.54, 1.807) is 0 Å². The standard InChI is InChI=1S/C34H49N3O2S/c1-9-32(37-18-15-25(8)16-19-37)33(28-14-17-35-31-13-11-10-12-27(28)31)36-40(38,39)34-29(23(4)5)20-26(22(2)3)21-30(34)24(6)7/h10-14,17,20-25,32-33,36H,9,15-16,18-19H2,1-8H3/t32?,33-/m0/s1. The number of para-hydroxylation sites is 1. The van der Waals surface area contributed by atoms with E-state index >= 15 is 0 Å². The Bertz CT molecular complexity index is 1370. The number of hydrogen-bond acceptors (Lipinski definition) is 4. The second kappa shape index (κ2) is 12.7. The first-order valence-electron chi connectivity index (χ1n) is 15.2. The maximum absolute atomic E-state index is 14.7. The lowest BCUT2D eigenvalue weighted by Gasteiger charge is -2.41.